The van der Waals surface area contributed by atoms with Gasteiger partial charge in [0.25, 0.3) is 5.91 Å². The number of nitrogens with one attached hydrogen (secondary N) is 2. The number of hydrogen-bond donors (Lipinski definition) is 2. The maximum absolute atomic E-state index is 12.2. The van der Waals surface area contributed by atoms with Crippen LogP contribution in [-0.2, 0) is 4.79 Å². The third-order valence-electron chi connectivity index (χ3n) is 3.39. The molecule has 0 spiro atoms. The van der Waals surface area contributed by atoms with Crippen LogP contribution in [0.2, 0.25) is 0 Å². The molecule has 22 heavy (non-hydrogen) atoms. The Hall–Kier alpha value is -1.82. The van der Waals surface area contributed by atoms with Crippen LogP contribution in [0.25, 0.3) is 0 Å². The summed E-state index contributed by atoms with van der Waals surface area (Å²) in [5.74, 6) is 0.589. The second-order valence-corrected chi connectivity index (χ2v) is 5.59. The molecule has 1 heterocycles. The Kier molecular flexibility index (Phi) is 6.00. The van der Waals surface area contributed by atoms with Crippen molar-refractivity contribution in [3.05, 3.63) is 24.3 Å². The topological polar surface area (TPSA) is 53.6 Å². The van der Waals surface area contributed by atoms with Gasteiger partial charge >= 0.3 is 0 Å². The fourth-order valence-electron chi connectivity index (χ4n) is 2.25. The van der Waals surface area contributed by atoms with E-state index in [0.29, 0.717) is 24.0 Å². The third kappa shape index (κ3) is 3.88. The quantitative estimate of drug-likeness (QED) is 0.813. The molecule has 1 aromatic carbocycles. The van der Waals surface area contributed by atoms with E-state index in [1.807, 2.05) is 36.1 Å². The first-order valence-corrected chi connectivity index (χ1v) is 8.17. The van der Waals surface area contributed by atoms with Crippen molar-refractivity contribution in [2.45, 2.75) is 32.8 Å². The zero-order chi connectivity index (χ0) is 15.9. The van der Waals surface area contributed by atoms with Gasteiger partial charge in [0, 0.05) is 13.1 Å². The van der Waals surface area contributed by atoms with Crippen molar-refractivity contribution in [2.24, 2.45) is 0 Å². The zero-order valence-corrected chi connectivity index (χ0v) is 13.9. The fraction of sp³-hybridized carbons (Fsp3) is 0.500. The Morgan fingerprint density at radius 2 is 1.95 bits per heavy atom. The Morgan fingerprint density at radius 3 is 2.68 bits per heavy atom. The summed E-state index contributed by atoms with van der Waals surface area (Å²) in [6.45, 7) is 5.99. The molecule has 2 N–H and O–H groups in total. The number of carbonyl (C=O) groups is 1. The minimum Gasteiger partial charge on any atom is -0.477 e. The number of benzene rings is 1. The first-order valence-electron chi connectivity index (χ1n) is 7.76. The van der Waals surface area contributed by atoms with E-state index in [-0.39, 0.29) is 5.91 Å². The number of fused-ring (bicyclic) bond motifs is 1. The van der Waals surface area contributed by atoms with Gasteiger partial charge in [-0.15, -0.1) is 0 Å². The lowest BCUT2D eigenvalue weighted by Gasteiger charge is -2.35. The molecule has 120 valence electrons. The van der Waals surface area contributed by atoms with Crippen LogP contribution in [0, 0.1) is 0 Å². The first-order chi connectivity index (χ1) is 10.7. The molecule has 1 atom stereocenters. The molecule has 2 rings (SSSR count). The summed E-state index contributed by atoms with van der Waals surface area (Å²) < 4.78 is 5.83. The second kappa shape index (κ2) is 7.98. The lowest BCUT2D eigenvalue weighted by atomic mass is 10.2. The number of thiocarbonyl (C=S) groups is 1. The number of amides is 1. The van der Waals surface area contributed by atoms with Crippen LogP contribution in [0.15, 0.2) is 24.3 Å². The van der Waals surface area contributed by atoms with E-state index in [2.05, 4.69) is 17.6 Å². The molecule has 0 aromatic heterocycles. The number of carbonyl (C=O) groups excluding carboxylic acids is 1. The third-order valence-corrected chi connectivity index (χ3v) is 3.75. The van der Waals surface area contributed by atoms with Crippen molar-refractivity contribution in [3.8, 4) is 5.75 Å². The van der Waals surface area contributed by atoms with Crippen LogP contribution in [0.4, 0.5) is 5.69 Å². The van der Waals surface area contributed by atoms with Gasteiger partial charge in [0.2, 0.25) is 0 Å². The number of anilines is 1. The predicted octanol–water partition coefficient (Wildman–Crippen LogP) is 2.06. The molecule has 5 nitrogen and oxygen atoms in total. The molecule has 0 bridgehead atoms. The summed E-state index contributed by atoms with van der Waals surface area (Å²) in [7, 11) is 0. The normalized spacial score (nSPS) is 16.5. The highest BCUT2D eigenvalue weighted by Crippen LogP contribution is 2.33. The Balaban J connectivity index is 2.17. The van der Waals surface area contributed by atoms with E-state index < -0.39 is 6.10 Å². The van der Waals surface area contributed by atoms with Gasteiger partial charge in [-0.2, -0.15) is 0 Å². The van der Waals surface area contributed by atoms with Crippen molar-refractivity contribution >= 4 is 28.9 Å². The van der Waals surface area contributed by atoms with Gasteiger partial charge in [-0.3, -0.25) is 4.79 Å². The number of hydrogen-bond acceptors (Lipinski definition) is 3. The number of nitrogens with zero attached hydrogens (tertiary/aromatic N) is 1. The maximum atomic E-state index is 12.2. The van der Waals surface area contributed by atoms with Gasteiger partial charge in [-0.1, -0.05) is 26.0 Å². The van der Waals surface area contributed by atoms with Gasteiger partial charge in [-0.05, 0) is 37.2 Å². The van der Waals surface area contributed by atoms with Gasteiger partial charge in [0.1, 0.15) is 5.75 Å². The van der Waals surface area contributed by atoms with E-state index in [9.17, 15) is 4.79 Å². The Morgan fingerprint density at radius 1 is 1.27 bits per heavy atom. The average Bonchev–Trinajstić information content (AvgIpc) is 2.56. The van der Waals surface area contributed by atoms with Crippen molar-refractivity contribution in [3.63, 3.8) is 0 Å². The highest BCUT2D eigenvalue weighted by atomic mass is 32.1. The fourth-order valence-corrected chi connectivity index (χ4v) is 2.53. The van der Waals surface area contributed by atoms with Crippen LogP contribution in [0.1, 0.15) is 26.7 Å². The van der Waals surface area contributed by atoms with Gasteiger partial charge in [0.15, 0.2) is 11.2 Å². The first kappa shape index (κ1) is 16.5. The summed E-state index contributed by atoms with van der Waals surface area (Å²) in [5.41, 5.74) is 0.899. The summed E-state index contributed by atoms with van der Waals surface area (Å²) in [5, 5.41) is 6.73. The van der Waals surface area contributed by atoms with E-state index >= 15 is 0 Å². The van der Waals surface area contributed by atoms with Crippen molar-refractivity contribution < 1.29 is 9.53 Å². The molecule has 0 saturated carbocycles. The van der Waals surface area contributed by atoms with Gasteiger partial charge in [-0.25, -0.2) is 0 Å². The standard InChI is InChI=1S/C16H23N3O2S/c1-3-9-17-15(20)14-11-19(16(22)18-10-4-2)12-7-5-6-8-13(12)21-14/h5-8,14H,3-4,9-11H2,1-2H3,(H,17,20)(H,18,22)/t14-/m0/s1. The van der Waals surface area contributed by atoms with E-state index in [1.165, 1.54) is 0 Å². The summed E-state index contributed by atoms with van der Waals surface area (Å²) in [6, 6.07) is 7.65. The minimum absolute atomic E-state index is 0.0976. The highest BCUT2D eigenvalue weighted by Gasteiger charge is 2.32. The molecule has 0 radical (unpaired) electrons. The molecule has 0 saturated heterocycles. The predicted molar refractivity (Wildman–Crippen MR) is 92.4 cm³/mol. The molecule has 1 aromatic rings. The van der Waals surface area contributed by atoms with Crippen LogP contribution in [0.5, 0.6) is 5.75 Å². The summed E-state index contributed by atoms with van der Waals surface area (Å²) in [4.78, 5) is 14.2. The maximum Gasteiger partial charge on any atom is 0.262 e. The average molecular weight is 321 g/mol. The van der Waals surface area contributed by atoms with E-state index in [1.54, 1.807) is 0 Å². The smallest absolute Gasteiger partial charge is 0.262 e. The number of para-hydroxylation sites is 2. The van der Waals surface area contributed by atoms with Crippen molar-refractivity contribution in [1.82, 2.24) is 10.6 Å². The molecule has 0 unspecified atom stereocenters. The second-order valence-electron chi connectivity index (χ2n) is 5.21. The number of rotatable bonds is 5. The molecule has 1 aliphatic heterocycles. The largest absolute Gasteiger partial charge is 0.477 e. The van der Waals surface area contributed by atoms with Crippen LogP contribution in [0.3, 0.4) is 0 Å². The molecular formula is C16H23N3O2S. The van der Waals surface area contributed by atoms with Crippen molar-refractivity contribution in [1.29, 1.82) is 0 Å². The minimum atomic E-state index is -0.553. The lowest BCUT2D eigenvalue weighted by molar-refractivity contribution is -0.127. The lowest BCUT2D eigenvalue weighted by Crippen LogP contribution is -2.53. The number of ether oxygens (including phenoxy) is 1. The Labute approximate surface area is 137 Å². The van der Waals surface area contributed by atoms with Crippen molar-refractivity contribution in [2.75, 3.05) is 24.5 Å². The van der Waals surface area contributed by atoms with E-state index in [4.69, 9.17) is 17.0 Å². The molecule has 1 aliphatic rings. The molecule has 0 aliphatic carbocycles. The summed E-state index contributed by atoms with van der Waals surface area (Å²) in [6.07, 6.45) is 1.34. The van der Waals surface area contributed by atoms with Gasteiger partial charge < -0.3 is 20.3 Å². The van der Waals surface area contributed by atoms with Gasteiger partial charge in [0.05, 0.1) is 12.2 Å². The summed E-state index contributed by atoms with van der Waals surface area (Å²) >= 11 is 5.47. The molecule has 6 heteroatoms. The van der Waals surface area contributed by atoms with Crippen LogP contribution in [-0.4, -0.2) is 36.8 Å². The van der Waals surface area contributed by atoms with E-state index in [0.717, 1.165) is 25.1 Å². The molecule has 1 amide bonds. The SMILES string of the molecule is CCCNC(=O)[C@@H]1CN(C(=S)NCCC)c2ccccc2O1. The highest BCUT2D eigenvalue weighted by molar-refractivity contribution is 7.80. The van der Waals surface area contributed by atoms with Crippen LogP contribution >= 0.6 is 12.2 Å². The molecular weight excluding hydrogens is 298 g/mol. The Bertz CT molecular complexity index is 536. The van der Waals surface area contributed by atoms with Crippen LogP contribution < -0.4 is 20.3 Å². The molecule has 0 fully saturated rings. The monoisotopic (exact) mass is 321 g/mol. The zero-order valence-electron chi connectivity index (χ0n) is 13.1.